The molecule has 0 fully saturated rings. The zero-order valence-corrected chi connectivity index (χ0v) is 16.4. The normalized spacial score (nSPS) is 11.5. The molecule has 0 saturated carbocycles. The molecule has 1 heterocycles. The molecule has 0 spiro atoms. The molecule has 6 N–H and O–H groups in total. The van der Waals surface area contributed by atoms with Gasteiger partial charge in [-0.3, -0.25) is 19.6 Å². The van der Waals surface area contributed by atoms with Gasteiger partial charge < -0.3 is 22.1 Å². The number of rotatable bonds is 8. The fourth-order valence-corrected chi connectivity index (χ4v) is 2.99. The molecule has 30 heavy (non-hydrogen) atoms. The first kappa shape index (κ1) is 20.8. The van der Waals surface area contributed by atoms with Crippen LogP contribution in [0.3, 0.4) is 0 Å². The number of aromatic nitrogens is 1. The lowest BCUT2D eigenvalue weighted by Crippen LogP contribution is -2.44. The van der Waals surface area contributed by atoms with E-state index in [4.69, 9.17) is 11.5 Å². The average molecular weight is 404 g/mol. The van der Waals surface area contributed by atoms with Crippen molar-refractivity contribution in [2.24, 2.45) is 16.5 Å². The van der Waals surface area contributed by atoms with Crippen molar-refractivity contribution in [3.63, 3.8) is 0 Å². The summed E-state index contributed by atoms with van der Waals surface area (Å²) in [5.74, 6) is -0.637. The van der Waals surface area contributed by atoms with Gasteiger partial charge in [0.15, 0.2) is 5.96 Å². The molecule has 0 bridgehead atoms. The molecular weight excluding hydrogens is 380 g/mol. The van der Waals surface area contributed by atoms with E-state index in [9.17, 15) is 9.59 Å². The monoisotopic (exact) mass is 404 g/mol. The number of fused-ring (bicyclic) bond motifs is 1. The Morgan fingerprint density at radius 2 is 1.83 bits per heavy atom. The highest BCUT2D eigenvalue weighted by Gasteiger charge is 2.21. The molecule has 3 rings (SSSR count). The van der Waals surface area contributed by atoms with Crippen LogP contribution in [0.1, 0.15) is 23.2 Å². The maximum absolute atomic E-state index is 12.9. The minimum atomic E-state index is -0.739. The fraction of sp³-hybridized carbons (Fsp3) is 0.182. The Hall–Kier alpha value is -3.94. The van der Waals surface area contributed by atoms with Crippen molar-refractivity contribution < 1.29 is 9.59 Å². The van der Waals surface area contributed by atoms with Gasteiger partial charge in [0.1, 0.15) is 6.04 Å². The Bertz CT molecular complexity index is 1050. The lowest BCUT2D eigenvalue weighted by Gasteiger charge is -2.18. The molecular formula is C22H24N6O2. The lowest BCUT2D eigenvalue weighted by atomic mass is 10.1. The maximum atomic E-state index is 12.9. The van der Waals surface area contributed by atoms with Gasteiger partial charge in [0.25, 0.3) is 5.91 Å². The number of nitrogens with zero attached hydrogens (tertiary/aromatic N) is 2. The van der Waals surface area contributed by atoms with Crippen LogP contribution in [-0.2, 0) is 4.79 Å². The Morgan fingerprint density at radius 3 is 2.60 bits per heavy atom. The number of nitrogens with two attached hydrogens (primary N) is 2. The molecule has 3 aromatic rings. The molecule has 0 saturated heterocycles. The van der Waals surface area contributed by atoms with E-state index in [1.165, 1.54) is 0 Å². The predicted octanol–water partition coefficient (Wildman–Crippen LogP) is 2.03. The van der Waals surface area contributed by atoms with E-state index in [0.717, 1.165) is 10.9 Å². The molecule has 8 heteroatoms. The van der Waals surface area contributed by atoms with Crippen LogP contribution in [0.4, 0.5) is 5.69 Å². The second kappa shape index (κ2) is 10.0. The molecule has 1 aromatic heterocycles. The largest absolute Gasteiger partial charge is 0.370 e. The lowest BCUT2D eigenvalue weighted by molar-refractivity contribution is -0.118. The summed E-state index contributed by atoms with van der Waals surface area (Å²) in [5, 5.41) is 6.59. The molecule has 0 aliphatic rings. The van der Waals surface area contributed by atoms with Crippen LogP contribution in [0, 0.1) is 0 Å². The van der Waals surface area contributed by atoms with Crippen molar-refractivity contribution in [1.82, 2.24) is 10.3 Å². The van der Waals surface area contributed by atoms with Crippen LogP contribution in [0.15, 0.2) is 71.9 Å². The van der Waals surface area contributed by atoms with Gasteiger partial charge in [-0.1, -0.05) is 24.3 Å². The zero-order valence-electron chi connectivity index (χ0n) is 16.4. The number of carbonyl (C=O) groups is 2. The van der Waals surface area contributed by atoms with Crippen molar-refractivity contribution in [3.05, 3.63) is 72.4 Å². The van der Waals surface area contributed by atoms with Gasteiger partial charge in [0.2, 0.25) is 5.91 Å². The van der Waals surface area contributed by atoms with E-state index in [1.807, 2.05) is 30.3 Å². The summed E-state index contributed by atoms with van der Waals surface area (Å²) in [7, 11) is 0. The van der Waals surface area contributed by atoms with E-state index in [2.05, 4.69) is 20.6 Å². The summed E-state index contributed by atoms with van der Waals surface area (Å²) in [6.45, 7) is 0.370. The van der Waals surface area contributed by atoms with Crippen LogP contribution in [-0.4, -0.2) is 35.3 Å². The number of anilines is 1. The molecule has 154 valence electrons. The van der Waals surface area contributed by atoms with Crippen LogP contribution in [0.25, 0.3) is 10.9 Å². The Labute approximate surface area is 174 Å². The first-order chi connectivity index (χ1) is 14.5. The van der Waals surface area contributed by atoms with Crippen LogP contribution in [0.5, 0.6) is 0 Å². The number of hydrogen-bond donors (Lipinski definition) is 4. The predicted molar refractivity (Wildman–Crippen MR) is 118 cm³/mol. The van der Waals surface area contributed by atoms with Gasteiger partial charge in [-0.2, -0.15) is 0 Å². The van der Waals surface area contributed by atoms with Crippen LogP contribution < -0.4 is 22.1 Å². The third kappa shape index (κ3) is 5.78. The quantitative estimate of drug-likeness (QED) is 0.259. The third-order valence-electron chi connectivity index (χ3n) is 4.47. The number of amides is 2. The SMILES string of the molecule is NC(N)=NCCCC(NC(=O)c1ccccc1)C(=O)Nc1ccc2ncccc2c1. The molecule has 0 aliphatic heterocycles. The minimum absolute atomic E-state index is 0.00547. The average Bonchev–Trinajstić information content (AvgIpc) is 2.76. The number of carbonyl (C=O) groups excluding carboxylic acids is 2. The number of aliphatic imine (C=N–C) groups is 1. The van der Waals surface area contributed by atoms with Gasteiger partial charge in [-0.05, 0) is 49.2 Å². The topological polar surface area (TPSA) is 135 Å². The molecule has 2 amide bonds. The zero-order chi connectivity index (χ0) is 21.3. The standard InChI is InChI=1S/C22H24N6O2/c23-22(24)26-13-5-9-19(28-20(29)15-6-2-1-3-7-15)21(30)27-17-10-11-18-16(14-17)8-4-12-25-18/h1-4,6-8,10-12,14,19H,5,9,13H2,(H,27,30)(H,28,29)(H4,23,24,26). The Morgan fingerprint density at radius 1 is 1.03 bits per heavy atom. The smallest absolute Gasteiger partial charge is 0.251 e. The van der Waals surface area contributed by atoms with Gasteiger partial charge >= 0.3 is 0 Å². The third-order valence-corrected chi connectivity index (χ3v) is 4.47. The Balaban J connectivity index is 1.72. The van der Waals surface area contributed by atoms with Gasteiger partial charge in [-0.15, -0.1) is 0 Å². The van der Waals surface area contributed by atoms with Crippen molar-refractivity contribution in [3.8, 4) is 0 Å². The van der Waals surface area contributed by atoms with Crippen molar-refractivity contribution >= 4 is 34.4 Å². The van der Waals surface area contributed by atoms with E-state index < -0.39 is 6.04 Å². The minimum Gasteiger partial charge on any atom is -0.370 e. The van der Waals surface area contributed by atoms with Gasteiger partial charge in [0.05, 0.1) is 5.52 Å². The first-order valence-electron chi connectivity index (χ1n) is 9.60. The summed E-state index contributed by atoms with van der Waals surface area (Å²) in [4.78, 5) is 33.7. The molecule has 0 aliphatic carbocycles. The molecule has 1 atom stereocenters. The first-order valence-corrected chi connectivity index (χ1v) is 9.60. The number of guanidine groups is 1. The summed E-state index contributed by atoms with van der Waals surface area (Å²) in [6, 6.07) is 17.2. The number of pyridine rings is 1. The van der Waals surface area contributed by atoms with Crippen molar-refractivity contribution in [2.45, 2.75) is 18.9 Å². The molecule has 1 unspecified atom stereocenters. The molecule has 0 radical (unpaired) electrons. The molecule has 8 nitrogen and oxygen atoms in total. The number of nitrogens with one attached hydrogen (secondary N) is 2. The van der Waals surface area contributed by atoms with Gasteiger partial charge in [-0.25, -0.2) is 0 Å². The Kier molecular flexibility index (Phi) is 6.94. The van der Waals surface area contributed by atoms with Gasteiger partial charge in [0, 0.05) is 29.4 Å². The number of hydrogen-bond acceptors (Lipinski definition) is 4. The fourth-order valence-electron chi connectivity index (χ4n) is 2.99. The van der Waals surface area contributed by atoms with Crippen molar-refractivity contribution in [2.75, 3.05) is 11.9 Å². The van der Waals surface area contributed by atoms with E-state index in [-0.39, 0.29) is 17.8 Å². The van der Waals surface area contributed by atoms with Crippen LogP contribution in [0.2, 0.25) is 0 Å². The van der Waals surface area contributed by atoms with Crippen LogP contribution >= 0.6 is 0 Å². The van der Waals surface area contributed by atoms with E-state index in [0.29, 0.717) is 30.6 Å². The summed E-state index contributed by atoms with van der Waals surface area (Å²) in [6.07, 6.45) is 2.63. The highest BCUT2D eigenvalue weighted by Crippen LogP contribution is 2.17. The van der Waals surface area contributed by atoms with E-state index >= 15 is 0 Å². The summed E-state index contributed by atoms with van der Waals surface area (Å²) >= 11 is 0. The molecule has 2 aromatic carbocycles. The summed E-state index contributed by atoms with van der Waals surface area (Å²) < 4.78 is 0. The second-order valence-corrected chi connectivity index (χ2v) is 6.74. The number of benzene rings is 2. The second-order valence-electron chi connectivity index (χ2n) is 6.74. The maximum Gasteiger partial charge on any atom is 0.251 e. The highest BCUT2D eigenvalue weighted by atomic mass is 16.2. The highest BCUT2D eigenvalue weighted by molar-refractivity contribution is 6.01. The van der Waals surface area contributed by atoms with Crippen molar-refractivity contribution in [1.29, 1.82) is 0 Å². The summed E-state index contributed by atoms with van der Waals surface area (Å²) in [5.41, 5.74) is 12.6. The van der Waals surface area contributed by atoms with E-state index in [1.54, 1.807) is 36.5 Å².